The number of carbonyl (C=O) groups excluding carboxylic acids is 1. The lowest BCUT2D eigenvalue weighted by Crippen LogP contribution is -2.04. The van der Waals surface area contributed by atoms with E-state index in [1.807, 2.05) is 0 Å². The first-order valence-electron chi connectivity index (χ1n) is 6.07. The van der Waals surface area contributed by atoms with Crippen LogP contribution in [0.2, 0.25) is 0 Å². The van der Waals surface area contributed by atoms with E-state index in [0.29, 0.717) is 12.1 Å². The Balaban J connectivity index is 2.06. The molecule has 0 aliphatic heterocycles. The van der Waals surface area contributed by atoms with Gasteiger partial charge in [-0.2, -0.15) is 0 Å². The molecule has 0 radical (unpaired) electrons. The third-order valence-electron chi connectivity index (χ3n) is 2.87. The standard InChI is InChI=1S/C15H12BrF2NO2/c1-21-15(20)10-4-2-9(3-5-10)8-19-14-7-12(17)11(16)6-13(14)18/h2-7,19H,8H2,1H3. The molecule has 6 heteroatoms. The Hall–Kier alpha value is -1.95. The first-order valence-corrected chi connectivity index (χ1v) is 6.86. The molecule has 0 saturated carbocycles. The fraction of sp³-hybridized carbons (Fsp3) is 0.133. The molecule has 3 nitrogen and oxygen atoms in total. The monoisotopic (exact) mass is 355 g/mol. The highest BCUT2D eigenvalue weighted by Gasteiger charge is 2.08. The van der Waals surface area contributed by atoms with E-state index >= 15 is 0 Å². The molecule has 0 aliphatic rings. The molecule has 0 saturated heterocycles. The van der Waals surface area contributed by atoms with E-state index < -0.39 is 17.6 Å². The Morgan fingerprint density at radius 3 is 2.48 bits per heavy atom. The Morgan fingerprint density at radius 1 is 1.19 bits per heavy atom. The minimum Gasteiger partial charge on any atom is -0.465 e. The van der Waals surface area contributed by atoms with Gasteiger partial charge in [0.15, 0.2) is 0 Å². The predicted molar refractivity (Wildman–Crippen MR) is 79.2 cm³/mol. The largest absolute Gasteiger partial charge is 0.465 e. The van der Waals surface area contributed by atoms with Gasteiger partial charge < -0.3 is 10.1 Å². The van der Waals surface area contributed by atoms with Crippen LogP contribution < -0.4 is 5.32 Å². The van der Waals surface area contributed by atoms with Gasteiger partial charge in [-0.3, -0.25) is 0 Å². The van der Waals surface area contributed by atoms with Crippen LogP contribution in [-0.4, -0.2) is 13.1 Å². The number of ether oxygens (including phenoxy) is 1. The van der Waals surface area contributed by atoms with Crippen LogP contribution in [0.15, 0.2) is 40.9 Å². The molecule has 2 aromatic carbocycles. The summed E-state index contributed by atoms with van der Waals surface area (Å²) in [4.78, 5) is 11.3. The molecule has 0 heterocycles. The highest BCUT2D eigenvalue weighted by molar-refractivity contribution is 9.10. The summed E-state index contributed by atoms with van der Waals surface area (Å²) in [5, 5.41) is 2.81. The molecule has 0 amide bonds. The normalized spacial score (nSPS) is 10.3. The number of nitrogens with one attached hydrogen (secondary N) is 1. The molecule has 0 fully saturated rings. The molecule has 1 N–H and O–H groups in total. The molecule has 0 bridgehead atoms. The van der Waals surface area contributed by atoms with E-state index in [1.54, 1.807) is 24.3 Å². The third-order valence-corrected chi connectivity index (χ3v) is 3.48. The van der Waals surface area contributed by atoms with Crippen molar-refractivity contribution < 1.29 is 18.3 Å². The Bertz CT molecular complexity index is 659. The van der Waals surface area contributed by atoms with Crippen LogP contribution in [0.4, 0.5) is 14.5 Å². The number of methoxy groups -OCH3 is 1. The molecule has 0 unspecified atom stereocenters. The van der Waals surface area contributed by atoms with Crippen LogP contribution in [-0.2, 0) is 11.3 Å². The van der Waals surface area contributed by atoms with Crippen LogP contribution in [0.3, 0.4) is 0 Å². The van der Waals surface area contributed by atoms with Gasteiger partial charge in [-0.1, -0.05) is 12.1 Å². The second kappa shape index (κ2) is 6.67. The average molecular weight is 356 g/mol. The zero-order valence-electron chi connectivity index (χ0n) is 11.1. The maximum atomic E-state index is 13.6. The van der Waals surface area contributed by atoms with Crippen molar-refractivity contribution in [2.75, 3.05) is 12.4 Å². The number of hydrogen-bond acceptors (Lipinski definition) is 3. The molecular formula is C15H12BrF2NO2. The summed E-state index contributed by atoms with van der Waals surface area (Å²) in [5.41, 5.74) is 1.33. The van der Waals surface area contributed by atoms with E-state index in [9.17, 15) is 13.6 Å². The van der Waals surface area contributed by atoms with Crippen molar-refractivity contribution in [1.29, 1.82) is 0 Å². The SMILES string of the molecule is COC(=O)c1ccc(CNc2cc(F)c(Br)cc2F)cc1. The van der Waals surface area contributed by atoms with Gasteiger partial charge >= 0.3 is 5.97 Å². The van der Waals surface area contributed by atoms with Gasteiger partial charge in [0.1, 0.15) is 11.6 Å². The quantitative estimate of drug-likeness (QED) is 0.662. The van der Waals surface area contributed by atoms with Crippen molar-refractivity contribution in [3.8, 4) is 0 Å². The fourth-order valence-electron chi connectivity index (χ4n) is 1.73. The van der Waals surface area contributed by atoms with Crippen molar-refractivity contribution >= 4 is 27.6 Å². The van der Waals surface area contributed by atoms with Crippen molar-refractivity contribution in [1.82, 2.24) is 0 Å². The van der Waals surface area contributed by atoms with Gasteiger partial charge in [-0.25, -0.2) is 13.6 Å². The number of benzene rings is 2. The van der Waals surface area contributed by atoms with Crippen LogP contribution in [0.25, 0.3) is 0 Å². The van der Waals surface area contributed by atoms with E-state index in [0.717, 1.165) is 17.7 Å². The van der Waals surface area contributed by atoms with Gasteiger partial charge in [-0.05, 0) is 39.7 Å². The Labute approximate surface area is 129 Å². The number of rotatable bonds is 4. The van der Waals surface area contributed by atoms with E-state index in [-0.39, 0.29) is 10.2 Å². The van der Waals surface area contributed by atoms with Gasteiger partial charge in [0.05, 0.1) is 22.8 Å². The number of esters is 1. The summed E-state index contributed by atoms with van der Waals surface area (Å²) in [7, 11) is 1.31. The number of halogens is 3. The van der Waals surface area contributed by atoms with Crippen LogP contribution >= 0.6 is 15.9 Å². The molecule has 2 rings (SSSR count). The first kappa shape index (κ1) is 15.4. The van der Waals surface area contributed by atoms with Crippen molar-refractivity contribution in [3.05, 3.63) is 63.6 Å². The molecule has 0 spiro atoms. The Morgan fingerprint density at radius 2 is 1.86 bits per heavy atom. The second-order valence-corrected chi connectivity index (χ2v) is 5.14. The number of anilines is 1. The van der Waals surface area contributed by atoms with Gasteiger partial charge in [0.25, 0.3) is 0 Å². The predicted octanol–water partition coefficient (Wildman–Crippen LogP) is 4.13. The van der Waals surface area contributed by atoms with E-state index in [1.165, 1.54) is 7.11 Å². The van der Waals surface area contributed by atoms with E-state index in [2.05, 4.69) is 26.0 Å². The maximum Gasteiger partial charge on any atom is 0.337 e. The summed E-state index contributed by atoms with van der Waals surface area (Å²) in [6, 6.07) is 8.81. The molecule has 0 aliphatic carbocycles. The van der Waals surface area contributed by atoms with Crippen LogP contribution in [0.5, 0.6) is 0 Å². The van der Waals surface area contributed by atoms with E-state index in [4.69, 9.17) is 0 Å². The topological polar surface area (TPSA) is 38.3 Å². The molecule has 0 aromatic heterocycles. The molecule has 2 aromatic rings. The highest BCUT2D eigenvalue weighted by Crippen LogP contribution is 2.23. The minimum absolute atomic E-state index is 0.0766. The summed E-state index contributed by atoms with van der Waals surface area (Å²) < 4.78 is 31.7. The Kier molecular flexibility index (Phi) is 4.90. The van der Waals surface area contributed by atoms with Crippen molar-refractivity contribution in [3.63, 3.8) is 0 Å². The highest BCUT2D eigenvalue weighted by atomic mass is 79.9. The second-order valence-electron chi connectivity index (χ2n) is 4.29. The lowest BCUT2D eigenvalue weighted by atomic mass is 10.1. The minimum atomic E-state index is -0.547. The lowest BCUT2D eigenvalue weighted by Gasteiger charge is -2.09. The van der Waals surface area contributed by atoms with Gasteiger partial charge in [0.2, 0.25) is 0 Å². The molecule has 21 heavy (non-hydrogen) atoms. The van der Waals surface area contributed by atoms with Crippen molar-refractivity contribution in [2.45, 2.75) is 6.54 Å². The smallest absolute Gasteiger partial charge is 0.337 e. The van der Waals surface area contributed by atoms with Gasteiger partial charge in [-0.15, -0.1) is 0 Å². The number of hydrogen-bond donors (Lipinski definition) is 1. The summed E-state index contributed by atoms with van der Waals surface area (Å²) in [6.07, 6.45) is 0. The summed E-state index contributed by atoms with van der Waals surface area (Å²) in [6.45, 7) is 0.305. The fourth-order valence-corrected chi connectivity index (χ4v) is 2.05. The molecular weight excluding hydrogens is 344 g/mol. The average Bonchev–Trinajstić information content (AvgIpc) is 2.49. The van der Waals surface area contributed by atoms with Crippen LogP contribution in [0.1, 0.15) is 15.9 Å². The molecule has 0 atom stereocenters. The summed E-state index contributed by atoms with van der Waals surface area (Å²) >= 11 is 2.92. The van der Waals surface area contributed by atoms with Crippen LogP contribution in [0, 0.1) is 11.6 Å². The zero-order valence-corrected chi connectivity index (χ0v) is 12.7. The van der Waals surface area contributed by atoms with Crippen molar-refractivity contribution in [2.24, 2.45) is 0 Å². The summed E-state index contributed by atoms with van der Waals surface area (Å²) in [5.74, 6) is -1.51. The lowest BCUT2D eigenvalue weighted by molar-refractivity contribution is 0.0600. The third kappa shape index (κ3) is 3.78. The first-order chi connectivity index (χ1) is 10.0. The molecule has 110 valence electrons. The zero-order chi connectivity index (χ0) is 15.4. The maximum absolute atomic E-state index is 13.6. The number of carbonyl (C=O) groups is 1. The van der Waals surface area contributed by atoms with Gasteiger partial charge in [0, 0.05) is 12.6 Å².